The lowest BCUT2D eigenvalue weighted by molar-refractivity contribution is 0.176. The molecule has 0 bridgehead atoms. The first kappa shape index (κ1) is 12.5. The van der Waals surface area contributed by atoms with Gasteiger partial charge in [-0.2, -0.15) is 9.61 Å². The summed E-state index contributed by atoms with van der Waals surface area (Å²) in [6, 6.07) is 5.21. The number of phenolic OH excluding ortho intramolecular Hbond substituents is 1. The summed E-state index contributed by atoms with van der Waals surface area (Å²) in [6.07, 6.45) is 0. The first-order valence-corrected chi connectivity index (χ1v) is 6.99. The summed E-state index contributed by atoms with van der Waals surface area (Å²) < 4.78 is 7.54. The largest absolute Gasteiger partial charge is 0.507 e. The Hall–Kier alpha value is -1.51. The Morgan fingerprint density at radius 2 is 2.26 bits per heavy atom. The van der Waals surface area contributed by atoms with E-state index in [2.05, 4.69) is 31.2 Å². The average Bonchev–Trinajstić information content (AvgIpc) is 2.95. The van der Waals surface area contributed by atoms with Crippen molar-refractivity contribution in [3.05, 3.63) is 28.5 Å². The number of fused-ring (bicyclic) bond motifs is 1. The van der Waals surface area contributed by atoms with Crippen LogP contribution in [-0.2, 0) is 11.3 Å². The molecule has 98 valence electrons. The number of hydrogen-bond acceptors (Lipinski definition) is 6. The topological polar surface area (TPSA) is 72.5 Å². The molecule has 2 heterocycles. The zero-order valence-electron chi connectivity index (χ0n) is 9.87. The minimum atomic E-state index is 0.182. The first-order valence-electron chi connectivity index (χ1n) is 5.38. The van der Waals surface area contributed by atoms with Crippen LogP contribution >= 0.6 is 27.3 Å². The highest BCUT2D eigenvalue weighted by atomic mass is 79.9. The van der Waals surface area contributed by atoms with E-state index >= 15 is 0 Å². The molecule has 1 N–H and O–H groups in total. The normalized spacial score (nSPS) is 11.3. The molecule has 0 radical (unpaired) electrons. The molecule has 0 spiro atoms. The van der Waals surface area contributed by atoms with E-state index in [0.29, 0.717) is 28.0 Å². The van der Waals surface area contributed by atoms with E-state index in [0.717, 1.165) is 4.47 Å². The van der Waals surface area contributed by atoms with Gasteiger partial charge in [-0.3, -0.25) is 0 Å². The van der Waals surface area contributed by atoms with Gasteiger partial charge in [0.15, 0.2) is 10.8 Å². The third-order valence-electron chi connectivity index (χ3n) is 2.52. The molecule has 0 saturated heterocycles. The maximum Gasteiger partial charge on any atom is 0.235 e. The molecule has 1 aromatic carbocycles. The van der Waals surface area contributed by atoms with Crippen molar-refractivity contribution in [1.29, 1.82) is 0 Å². The quantitative estimate of drug-likeness (QED) is 0.792. The second kappa shape index (κ2) is 4.87. The molecular weight excluding hydrogens is 332 g/mol. The van der Waals surface area contributed by atoms with Gasteiger partial charge in [-0.1, -0.05) is 27.3 Å². The Balaban J connectivity index is 2.12. The van der Waals surface area contributed by atoms with Crippen LogP contribution in [0, 0.1) is 0 Å². The monoisotopic (exact) mass is 340 g/mol. The standard InChI is InChI=1S/C11H9BrN4O2S/c1-18-5-9-13-14-11-16(9)15-10(19-11)7-4-6(12)2-3-8(7)17/h2-4,17H,5H2,1H3. The maximum atomic E-state index is 9.90. The van der Waals surface area contributed by atoms with Crippen molar-refractivity contribution >= 4 is 32.2 Å². The molecule has 0 aliphatic heterocycles. The molecule has 6 nitrogen and oxygen atoms in total. The van der Waals surface area contributed by atoms with Crippen molar-refractivity contribution in [3.63, 3.8) is 0 Å². The van der Waals surface area contributed by atoms with Gasteiger partial charge >= 0.3 is 0 Å². The van der Waals surface area contributed by atoms with E-state index in [1.165, 1.54) is 11.3 Å². The molecule has 0 amide bonds. The third kappa shape index (κ3) is 2.22. The molecule has 3 rings (SSSR count). The van der Waals surface area contributed by atoms with Crippen LogP contribution in [0.25, 0.3) is 15.5 Å². The molecule has 0 saturated carbocycles. The van der Waals surface area contributed by atoms with Crippen molar-refractivity contribution in [2.45, 2.75) is 6.61 Å². The van der Waals surface area contributed by atoms with E-state index in [1.54, 1.807) is 23.8 Å². The third-order valence-corrected chi connectivity index (χ3v) is 3.94. The molecule has 0 aliphatic carbocycles. The average molecular weight is 341 g/mol. The number of nitrogens with zero attached hydrogens (tertiary/aromatic N) is 4. The minimum absolute atomic E-state index is 0.182. The van der Waals surface area contributed by atoms with Crippen molar-refractivity contribution in [2.75, 3.05) is 7.11 Å². The summed E-state index contributed by atoms with van der Waals surface area (Å²) in [6.45, 7) is 0.342. The zero-order chi connectivity index (χ0) is 13.4. The van der Waals surface area contributed by atoms with Crippen LogP contribution in [0.3, 0.4) is 0 Å². The lowest BCUT2D eigenvalue weighted by atomic mass is 10.2. The second-order valence-corrected chi connectivity index (χ2v) is 5.68. The van der Waals surface area contributed by atoms with E-state index in [4.69, 9.17) is 4.74 Å². The van der Waals surface area contributed by atoms with Crippen LogP contribution in [0.2, 0.25) is 0 Å². The Kier molecular flexibility index (Phi) is 3.21. The summed E-state index contributed by atoms with van der Waals surface area (Å²) in [5.74, 6) is 0.816. The van der Waals surface area contributed by atoms with Crippen LogP contribution in [0.1, 0.15) is 5.82 Å². The SMILES string of the molecule is COCc1nnc2sc(-c3cc(Br)ccc3O)nn12. The van der Waals surface area contributed by atoms with Gasteiger partial charge in [0.2, 0.25) is 4.96 Å². The number of halogens is 1. The fourth-order valence-corrected chi connectivity index (χ4v) is 2.91. The molecule has 0 aliphatic rings. The first-order chi connectivity index (χ1) is 9.19. The number of methoxy groups -OCH3 is 1. The van der Waals surface area contributed by atoms with Gasteiger partial charge in [-0.05, 0) is 18.2 Å². The fraction of sp³-hybridized carbons (Fsp3) is 0.182. The fourth-order valence-electron chi connectivity index (χ4n) is 1.66. The van der Waals surface area contributed by atoms with Crippen LogP contribution in [0.15, 0.2) is 22.7 Å². The summed E-state index contributed by atoms with van der Waals surface area (Å²) in [4.78, 5) is 0.668. The number of rotatable bonds is 3. The summed E-state index contributed by atoms with van der Waals surface area (Å²) >= 11 is 4.74. The van der Waals surface area contributed by atoms with Gasteiger partial charge in [-0.15, -0.1) is 10.2 Å². The maximum absolute atomic E-state index is 9.90. The molecule has 3 aromatic rings. The van der Waals surface area contributed by atoms with E-state index in [-0.39, 0.29) is 5.75 Å². The van der Waals surface area contributed by atoms with Gasteiger partial charge in [0, 0.05) is 11.6 Å². The number of aromatic hydroxyl groups is 1. The Bertz CT molecular complexity index is 739. The summed E-state index contributed by atoms with van der Waals surface area (Å²) in [5, 5.41) is 23.0. The Morgan fingerprint density at radius 1 is 1.42 bits per heavy atom. The van der Waals surface area contributed by atoms with Crippen LogP contribution in [-0.4, -0.2) is 32.0 Å². The molecule has 0 fully saturated rings. The Labute approximate surface area is 120 Å². The van der Waals surface area contributed by atoms with Gasteiger partial charge in [-0.25, -0.2) is 0 Å². The molecular formula is C11H9BrN4O2S. The summed E-state index contributed by atoms with van der Waals surface area (Å²) in [7, 11) is 1.59. The zero-order valence-corrected chi connectivity index (χ0v) is 12.3. The highest BCUT2D eigenvalue weighted by Gasteiger charge is 2.15. The van der Waals surface area contributed by atoms with E-state index < -0.39 is 0 Å². The number of aromatic nitrogens is 4. The van der Waals surface area contributed by atoms with Gasteiger partial charge < -0.3 is 9.84 Å². The number of ether oxygens (including phenoxy) is 1. The van der Waals surface area contributed by atoms with E-state index in [9.17, 15) is 5.11 Å². The lowest BCUT2D eigenvalue weighted by Gasteiger charge is -2.00. The van der Waals surface area contributed by atoms with Gasteiger partial charge in [0.25, 0.3) is 0 Å². The molecule has 19 heavy (non-hydrogen) atoms. The van der Waals surface area contributed by atoms with Gasteiger partial charge in [0.1, 0.15) is 12.4 Å². The molecule has 8 heteroatoms. The highest BCUT2D eigenvalue weighted by Crippen LogP contribution is 2.34. The highest BCUT2D eigenvalue weighted by molar-refractivity contribution is 9.10. The number of phenols is 1. The predicted molar refractivity (Wildman–Crippen MR) is 74.2 cm³/mol. The number of hydrogen-bond donors (Lipinski definition) is 1. The van der Waals surface area contributed by atoms with Crippen molar-refractivity contribution in [3.8, 4) is 16.3 Å². The van der Waals surface area contributed by atoms with Crippen LogP contribution in [0.5, 0.6) is 5.75 Å². The van der Waals surface area contributed by atoms with Crippen molar-refractivity contribution in [2.24, 2.45) is 0 Å². The van der Waals surface area contributed by atoms with Crippen molar-refractivity contribution in [1.82, 2.24) is 19.8 Å². The van der Waals surface area contributed by atoms with Crippen molar-refractivity contribution < 1.29 is 9.84 Å². The molecule has 0 atom stereocenters. The van der Waals surface area contributed by atoms with Crippen LogP contribution in [0.4, 0.5) is 0 Å². The number of benzene rings is 1. The molecule has 0 unspecified atom stereocenters. The summed E-state index contributed by atoms with van der Waals surface area (Å²) in [5.41, 5.74) is 0.660. The second-order valence-electron chi connectivity index (χ2n) is 3.81. The molecule has 2 aromatic heterocycles. The lowest BCUT2D eigenvalue weighted by Crippen LogP contribution is -1.97. The smallest absolute Gasteiger partial charge is 0.235 e. The van der Waals surface area contributed by atoms with Crippen LogP contribution < -0.4 is 0 Å². The minimum Gasteiger partial charge on any atom is -0.507 e. The van der Waals surface area contributed by atoms with Gasteiger partial charge in [0.05, 0.1) is 5.56 Å². The van der Waals surface area contributed by atoms with E-state index in [1.807, 2.05) is 6.07 Å². The Morgan fingerprint density at radius 3 is 3.05 bits per heavy atom. The predicted octanol–water partition coefficient (Wildman–Crippen LogP) is 2.47.